The van der Waals surface area contributed by atoms with Crippen LogP contribution in [-0.4, -0.2) is 56.8 Å². The third kappa shape index (κ3) is 4.12. The number of carboxylic acid groups (broad SMARTS) is 1. The third-order valence-electron chi connectivity index (χ3n) is 5.59. The fraction of sp³-hybridized carbons (Fsp3) is 0.273. The Labute approximate surface area is 187 Å². The lowest BCUT2D eigenvalue weighted by Gasteiger charge is -2.27. The summed E-state index contributed by atoms with van der Waals surface area (Å²) >= 11 is 0. The molecule has 11 nitrogen and oxygen atoms in total. The van der Waals surface area contributed by atoms with Crippen molar-refractivity contribution in [1.29, 1.82) is 0 Å². The first kappa shape index (κ1) is 21.9. The first-order valence-corrected chi connectivity index (χ1v) is 10.3. The highest BCUT2D eigenvalue weighted by Crippen LogP contribution is 2.32. The van der Waals surface area contributed by atoms with E-state index in [-0.39, 0.29) is 41.6 Å². The minimum Gasteiger partial charge on any atom is -0.478 e. The summed E-state index contributed by atoms with van der Waals surface area (Å²) in [5.41, 5.74) is 0.395. The van der Waals surface area contributed by atoms with Crippen LogP contribution in [0.1, 0.15) is 50.3 Å². The average molecular weight is 452 g/mol. The number of hydrogen-bond donors (Lipinski definition) is 3. The number of piperidine rings is 1. The Hall–Kier alpha value is -4.28. The molecule has 4 rings (SSSR count). The van der Waals surface area contributed by atoms with E-state index in [0.29, 0.717) is 18.7 Å². The van der Waals surface area contributed by atoms with E-state index >= 15 is 0 Å². The number of aromatic carboxylic acids is 1. The van der Waals surface area contributed by atoms with Gasteiger partial charge in [-0.25, -0.2) is 4.79 Å². The number of aromatic nitrogens is 1. The predicted molar refractivity (Wildman–Crippen MR) is 114 cm³/mol. The van der Waals surface area contributed by atoms with Crippen LogP contribution in [0.2, 0.25) is 0 Å². The molecule has 11 heteroatoms. The smallest absolute Gasteiger partial charge is 0.337 e. The van der Waals surface area contributed by atoms with Gasteiger partial charge in [0.1, 0.15) is 6.04 Å². The Morgan fingerprint density at radius 1 is 1.09 bits per heavy atom. The molecule has 170 valence electrons. The Kier molecular flexibility index (Phi) is 5.78. The zero-order valence-corrected chi connectivity index (χ0v) is 17.4. The van der Waals surface area contributed by atoms with Crippen LogP contribution in [0.3, 0.4) is 0 Å². The van der Waals surface area contributed by atoms with Gasteiger partial charge in [0, 0.05) is 37.5 Å². The fourth-order valence-corrected chi connectivity index (χ4v) is 3.97. The minimum atomic E-state index is -1.13. The van der Waals surface area contributed by atoms with Crippen LogP contribution in [-0.2, 0) is 16.1 Å². The second-order valence-corrected chi connectivity index (χ2v) is 7.71. The van der Waals surface area contributed by atoms with E-state index in [2.05, 4.69) is 10.6 Å². The van der Waals surface area contributed by atoms with Crippen molar-refractivity contribution >= 4 is 35.3 Å². The van der Waals surface area contributed by atoms with Crippen LogP contribution < -0.4 is 16.2 Å². The number of nitrogens with zero attached hydrogens (tertiary/aromatic N) is 2. The Bertz CT molecular complexity index is 1250. The van der Waals surface area contributed by atoms with Crippen LogP contribution in [0.25, 0.3) is 0 Å². The molecule has 1 fully saturated rings. The van der Waals surface area contributed by atoms with E-state index in [1.807, 2.05) is 0 Å². The number of anilines is 1. The molecule has 0 radical (unpaired) electrons. The lowest BCUT2D eigenvalue weighted by Crippen LogP contribution is -2.54. The van der Waals surface area contributed by atoms with Gasteiger partial charge in [-0.1, -0.05) is 6.07 Å². The number of benzene rings is 1. The molecule has 4 amide bonds. The maximum atomic E-state index is 13.1. The average Bonchev–Trinajstić information content (AvgIpc) is 3.03. The second-order valence-electron chi connectivity index (χ2n) is 7.71. The molecule has 1 aromatic carbocycles. The molecular weight excluding hydrogens is 432 g/mol. The molecule has 1 saturated heterocycles. The summed E-state index contributed by atoms with van der Waals surface area (Å²) in [4.78, 5) is 73.4. The second kappa shape index (κ2) is 8.69. The summed E-state index contributed by atoms with van der Waals surface area (Å²) in [5.74, 6) is -3.46. The van der Waals surface area contributed by atoms with E-state index in [1.54, 1.807) is 12.1 Å². The number of rotatable bonds is 7. The van der Waals surface area contributed by atoms with Crippen LogP contribution in [0.4, 0.5) is 5.69 Å². The van der Waals surface area contributed by atoms with E-state index in [4.69, 9.17) is 5.11 Å². The van der Waals surface area contributed by atoms with Gasteiger partial charge < -0.3 is 15.0 Å². The number of fused-ring (bicyclic) bond motifs is 1. The number of pyridine rings is 1. The number of carbonyl (C=O) groups excluding carboxylic acids is 4. The van der Waals surface area contributed by atoms with Gasteiger partial charge in [-0.2, -0.15) is 0 Å². The van der Waals surface area contributed by atoms with E-state index in [0.717, 1.165) is 4.90 Å². The molecule has 33 heavy (non-hydrogen) atoms. The largest absolute Gasteiger partial charge is 0.478 e. The highest BCUT2D eigenvalue weighted by molar-refractivity contribution is 6.25. The van der Waals surface area contributed by atoms with Crippen molar-refractivity contribution < 1.29 is 29.1 Å². The van der Waals surface area contributed by atoms with Gasteiger partial charge in [0.25, 0.3) is 17.4 Å². The summed E-state index contributed by atoms with van der Waals surface area (Å²) < 4.78 is 1.29. The van der Waals surface area contributed by atoms with Gasteiger partial charge in [0.15, 0.2) is 0 Å². The van der Waals surface area contributed by atoms with E-state index in [9.17, 15) is 28.8 Å². The van der Waals surface area contributed by atoms with Crippen LogP contribution in [0, 0.1) is 0 Å². The highest BCUT2D eigenvalue weighted by atomic mass is 16.4. The maximum absolute atomic E-state index is 13.1. The molecule has 1 atom stereocenters. The molecule has 2 aliphatic heterocycles. The summed E-state index contributed by atoms with van der Waals surface area (Å²) in [6, 6.07) is 6.13. The molecule has 1 aromatic heterocycles. The Balaban J connectivity index is 1.46. The lowest BCUT2D eigenvalue weighted by molar-refractivity contribution is -0.136. The lowest BCUT2D eigenvalue weighted by atomic mass is 10.0. The van der Waals surface area contributed by atoms with Gasteiger partial charge in [-0.3, -0.25) is 34.2 Å². The summed E-state index contributed by atoms with van der Waals surface area (Å²) in [7, 11) is 0. The SMILES string of the molecule is O=C1CCC(N2C(=O)c3cccc(NCCCn4cc(C(=O)O)ccc4=O)c3C2=O)C(=O)N1. The first-order valence-electron chi connectivity index (χ1n) is 10.3. The van der Waals surface area contributed by atoms with Crippen molar-refractivity contribution in [1.82, 2.24) is 14.8 Å². The minimum absolute atomic E-state index is 0.00101. The quantitative estimate of drug-likeness (QED) is 0.404. The zero-order chi connectivity index (χ0) is 23.7. The highest BCUT2D eigenvalue weighted by Gasteiger charge is 2.45. The molecule has 3 N–H and O–H groups in total. The molecular formula is C22H20N4O7. The Morgan fingerprint density at radius 3 is 2.61 bits per heavy atom. The number of hydrogen-bond acceptors (Lipinski definition) is 7. The molecule has 2 aliphatic rings. The number of carbonyl (C=O) groups is 5. The monoisotopic (exact) mass is 452 g/mol. The van der Waals surface area contributed by atoms with Crippen molar-refractivity contribution in [2.45, 2.75) is 31.8 Å². The molecule has 0 saturated carbocycles. The normalized spacial score (nSPS) is 17.7. The topological polar surface area (TPSA) is 155 Å². The molecule has 0 bridgehead atoms. The number of aryl methyl sites for hydroxylation is 1. The predicted octanol–water partition coefficient (Wildman–Crippen LogP) is 0.450. The van der Waals surface area contributed by atoms with Crippen molar-refractivity contribution in [3.63, 3.8) is 0 Å². The first-order chi connectivity index (χ1) is 15.8. The maximum Gasteiger partial charge on any atom is 0.337 e. The molecule has 2 aromatic rings. The van der Waals surface area contributed by atoms with Crippen molar-refractivity contribution in [3.8, 4) is 0 Å². The summed E-state index contributed by atoms with van der Waals surface area (Å²) in [6.45, 7) is 0.581. The summed E-state index contributed by atoms with van der Waals surface area (Å²) in [5, 5.41) is 14.3. The van der Waals surface area contributed by atoms with E-state index in [1.165, 1.54) is 29.0 Å². The molecule has 0 spiro atoms. The molecule has 0 aliphatic carbocycles. The zero-order valence-electron chi connectivity index (χ0n) is 17.4. The van der Waals surface area contributed by atoms with Crippen molar-refractivity contribution in [2.75, 3.05) is 11.9 Å². The standard InChI is InChI=1S/C22H20N4O7/c27-16-7-6-15(19(29)24-16)26-20(30)13-3-1-4-14(18(13)21(26)31)23-9-2-10-25-11-12(22(32)33)5-8-17(25)28/h1,3-5,8,11,15,23H,2,6-7,9-10H2,(H,32,33)(H,24,27,29). The number of amides is 4. The van der Waals surface area contributed by atoms with Gasteiger partial charge in [-0.05, 0) is 31.0 Å². The number of imide groups is 2. The third-order valence-corrected chi connectivity index (χ3v) is 5.59. The van der Waals surface area contributed by atoms with Gasteiger partial charge >= 0.3 is 5.97 Å². The van der Waals surface area contributed by atoms with Gasteiger partial charge in [0.05, 0.1) is 16.7 Å². The van der Waals surface area contributed by atoms with Gasteiger partial charge in [0.2, 0.25) is 11.8 Å². The number of nitrogens with one attached hydrogen (secondary N) is 2. The molecule has 1 unspecified atom stereocenters. The van der Waals surface area contributed by atoms with Crippen LogP contribution >= 0.6 is 0 Å². The van der Waals surface area contributed by atoms with Crippen molar-refractivity contribution in [2.24, 2.45) is 0 Å². The van der Waals surface area contributed by atoms with Crippen LogP contribution in [0.15, 0.2) is 41.3 Å². The number of carboxylic acids is 1. The van der Waals surface area contributed by atoms with E-state index < -0.39 is 35.6 Å². The fourth-order valence-electron chi connectivity index (χ4n) is 3.97. The van der Waals surface area contributed by atoms with Crippen molar-refractivity contribution in [3.05, 3.63) is 63.6 Å². The van der Waals surface area contributed by atoms with Crippen LogP contribution in [0.5, 0.6) is 0 Å². The van der Waals surface area contributed by atoms with Gasteiger partial charge in [-0.15, -0.1) is 0 Å². The summed E-state index contributed by atoms with van der Waals surface area (Å²) in [6.07, 6.45) is 1.82. The molecule has 3 heterocycles. The Morgan fingerprint density at radius 2 is 1.88 bits per heavy atom.